The van der Waals surface area contributed by atoms with E-state index in [2.05, 4.69) is 38.3 Å². The van der Waals surface area contributed by atoms with Crippen molar-refractivity contribution in [1.82, 2.24) is 14.5 Å². The van der Waals surface area contributed by atoms with Crippen LogP contribution in [0.5, 0.6) is 0 Å². The fourth-order valence-corrected chi connectivity index (χ4v) is 9.58. The topological polar surface area (TPSA) is 98.8 Å². The van der Waals surface area contributed by atoms with Crippen LogP contribution in [0.4, 0.5) is 5.00 Å². The van der Waals surface area contributed by atoms with Crippen molar-refractivity contribution in [3.63, 3.8) is 0 Å². The Hall–Kier alpha value is -2.27. The van der Waals surface area contributed by atoms with Crippen molar-refractivity contribution in [3.8, 4) is 0 Å². The molecule has 0 bridgehead atoms. The maximum Gasteiger partial charge on any atom is 0.257 e. The van der Waals surface area contributed by atoms with Crippen LogP contribution in [0.15, 0.2) is 29.2 Å². The molecule has 10 heteroatoms. The molecular formula is C30H42N4O4S2. The minimum atomic E-state index is -3.62. The minimum absolute atomic E-state index is 0.0157. The zero-order valence-corrected chi connectivity index (χ0v) is 25.9. The average Bonchev–Trinajstić information content (AvgIpc) is 3.26. The molecule has 1 atom stereocenters. The quantitative estimate of drug-likeness (QED) is 0.492. The van der Waals surface area contributed by atoms with Crippen LogP contribution in [0.1, 0.15) is 104 Å². The standard InChI is InChI=1S/C30H42N4O4S2/c1-20-11-7-10-18-34(20)40(37,38)22-14-12-21(13-15-22)26(35)31-27-24(28(36)33-16-8-6-9-17-33)23-19-29(2,3)32-30(4,5)25(23)39-27/h12-15,20,32H,6-11,16-19H2,1-5H3,(H,31,35). The summed E-state index contributed by atoms with van der Waals surface area (Å²) in [6.45, 7) is 12.4. The fraction of sp³-hybridized carbons (Fsp3) is 0.600. The number of hydrogen-bond acceptors (Lipinski definition) is 6. The van der Waals surface area contributed by atoms with E-state index in [1.165, 1.54) is 23.5 Å². The highest BCUT2D eigenvalue weighted by molar-refractivity contribution is 7.89. The first kappa shape index (κ1) is 29.2. The number of anilines is 1. The number of benzene rings is 1. The van der Waals surface area contributed by atoms with Crippen molar-refractivity contribution >= 4 is 38.2 Å². The molecule has 8 nitrogen and oxygen atoms in total. The summed E-state index contributed by atoms with van der Waals surface area (Å²) in [6, 6.07) is 6.11. The van der Waals surface area contributed by atoms with E-state index in [-0.39, 0.29) is 33.8 Å². The molecule has 218 valence electrons. The number of rotatable bonds is 5. The largest absolute Gasteiger partial charge is 0.339 e. The molecule has 0 spiro atoms. The number of likely N-dealkylation sites (tertiary alicyclic amines) is 1. The maximum absolute atomic E-state index is 13.9. The number of carbonyl (C=O) groups is 2. The van der Waals surface area contributed by atoms with Crippen molar-refractivity contribution in [1.29, 1.82) is 0 Å². The number of piperidine rings is 2. The van der Waals surface area contributed by atoms with Gasteiger partial charge < -0.3 is 15.5 Å². The molecule has 2 N–H and O–H groups in total. The molecule has 1 aromatic carbocycles. The highest BCUT2D eigenvalue weighted by Crippen LogP contribution is 2.45. The molecule has 5 rings (SSSR count). The van der Waals surface area contributed by atoms with Crippen molar-refractivity contribution in [3.05, 3.63) is 45.8 Å². The highest BCUT2D eigenvalue weighted by atomic mass is 32.2. The molecule has 4 heterocycles. The Bertz CT molecular complexity index is 1390. The van der Waals surface area contributed by atoms with Crippen LogP contribution in [0.3, 0.4) is 0 Å². The molecule has 0 radical (unpaired) electrons. The zero-order valence-electron chi connectivity index (χ0n) is 24.3. The Labute approximate surface area is 242 Å². The highest BCUT2D eigenvalue weighted by Gasteiger charge is 2.42. The van der Waals surface area contributed by atoms with Gasteiger partial charge in [-0.05, 0) is 103 Å². The Morgan fingerprint density at radius 1 is 0.975 bits per heavy atom. The molecule has 3 aliphatic rings. The molecular weight excluding hydrogens is 544 g/mol. The van der Waals surface area contributed by atoms with Gasteiger partial charge >= 0.3 is 0 Å². The second-order valence-electron chi connectivity index (χ2n) is 12.7. The number of nitrogens with zero attached hydrogens (tertiary/aromatic N) is 2. The van der Waals surface area contributed by atoms with E-state index < -0.39 is 10.0 Å². The number of amides is 2. The minimum Gasteiger partial charge on any atom is -0.339 e. The Kier molecular flexibility index (Phi) is 7.93. The van der Waals surface area contributed by atoms with Crippen LogP contribution < -0.4 is 10.6 Å². The zero-order chi connectivity index (χ0) is 28.9. The average molecular weight is 587 g/mol. The summed E-state index contributed by atoms with van der Waals surface area (Å²) in [5, 5.41) is 7.30. The smallest absolute Gasteiger partial charge is 0.257 e. The van der Waals surface area contributed by atoms with Crippen LogP contribution in [0, 0.1) is 0 Å². The van der Waals surface area contributed by atoms with Crippen LogP contribution in [-0.2, 0) is 22.0 Å². The van der Waals surface area contributed by atoms with Gasteiger partial charge in [-0.15, -0.1) is 11.3 Å². The van der Waals surface area contributed by atoms with Gasteiger partial charge in [0.1, 0.15) is 5.00 Å². The molecule has 3 aliphatic heterocycles. The van der Waals surface area contributed by atoms with Crippen LogP contribution in [0.25, 0.3) is 0 Å². The first-order valence-corrected chi connectivity index (χ1v) is 16.7. The summed E-state index contributed by atoms with van der Waals surface area (Å²) in [5.41, 5.74) is 1.41. The Morgan fingerprint density at radius 3 is 2.27 bits per heavy atom. The van der Waals surface area contributed by atoms with Crippen molar-refractivity contribution in [2.24, 2.45) is 0 Å². The predicted octanol–water partition coefficient (Wildman–Crippen LogP) is 5.35. The van der Waals surface area contributed by atoms with Crippen molar-refractivity contribution < 1.29 is 18.0 Å². The molecule has 2 saturated heterocycles. The van der Waals surface area contributed by atoms with Gasteiger partial charge in [0.15, 0.2) is 0 Å². The lowest BCUT2D eigenvalue weighted by Crippen LogP contribution is -2.55. The van der Waals surface area contributed by atoms with Gasteiger partial charge in [-0.1, -0.05) is 6.42 Å². The van der Waals surface area contributed by atoms with Gasteiger partial charge in [0, 0.05) is 47.2 Å². The summed E-state index contributed by atoms with van der Waals surface area (Å²) in [6.07, 6.45) is 6.54. The van der Waals surface area contributed by atoms with Crippen LogP contribution >= 0.6 is 11.3 Å². The number of hydrogen-bond donors (Lipinski definition) is 2. The first-order chi connectivity index (χ1) is 18.8. The number of sulfonamides is 1. The van der Waals surface area contributed by atoms with E-state index >= 15 is 0 Å². The van der Waals surface area contributed by atoms with Crippen molar-refractivity contribution in [2.45, 2.75) is 102 Å². The molecule has 40 heavy (non-hydrogen) atoms. The normalized spacial score (nSPS) is 22.9. The fourth-order valence-electron chi connectivity index (χ4n) is 6.61. The lowest BCUT2D eigenvalue weighted by atomic mass is 9.81. The number of thiophene rings is 1. The van der Waals surface area contributed by atoms with E-state index in [1.807, 2.05) is 11.8 Å². The molecule has 1 unspecified atom stereocenters. The summed E-state index contributed by atoms with van der Waals surface area (Å²) in [7, 11) is -3.62. The molecule has 2 fully saturated rings. The third-order valence-electron chi connectivity index (χ3n) is 8.39. The third kappa shape index (κ3) is 5.60. The molecule has 0 saturated carbocycles. The Morgan fingerprint density at radius 2 is 1.62 bits per heavy atom. The molecule has 0 aliphatic carbocycles. The summed E-state index contributed by atoms with van der Waals surface area (Å²) < 4.78 is 28.1. The lowest BCUT2D eigenvalue weighted by Gasteiger charge is -2.42. The second kappa shape index (κ2) is 10.9. The van der Waals surface area contributed by atoms with E-state index in [1.54, 1.807) is 16.4 Å². The van der Waals surface area contributed by atoms with E-state index in [4.69, 9.17) is 0 Å². The summed E-state index contributed by atoms with van der Waals surface area (Å²) in [5.74, 6) is -0.371. The van der Waals surface area contributed by atoms with E-state index in [0.29, 0.717) is 29.1 Å². The lowest BCUT2D eigenvalue weighted by molar-refractivity contribution is 0.0723. The van der Waals surface area contributed by atoms with Gasteiger partial charge in [0.05, 0.1) is 10.5 Å². The van der Waals surface area contributed by atoms with Crippen LogP contribution in [-0.4, -0.2) is 60.7 Å². The van der Waals surface area contributed by atoms with Gasteiger partial charge in [-0.3, -0.25) is 9.59 Å². The molecule has 2 aromatic rings. The van der Waals surface area contributed by atoms with Crippen molar-refractivity contribution in [2.75, 3.05) is 25.0 Å². The Balaban J connectivity index is 1.45. The van der Waals surface area contributed by atoms with Gasteiger partial charge in [-0.2, -0.15) is 4.31 Å². The van der Waals surface area contributed by atoms with Crippen LogP contribution in [0.2, 0.25) is 0 Å². The SMILES string of the molecule is CC1CCCCN1S(=O)(=O)c1ccc(C(=O)Nc2sc3c(c2C(=O)N2CCCCC2)CC(C)(C)NC3(C)C)cc1. The number of fused-ring (bicyclic) bond motifs is 1. The predicted molar refractivity (Wildman–Crippen MR) is 160 cm³/mol. The summed E-state index contributed by atoms with van der Waals surface area (Å²) in [4.78, 5) is 30.6. The number of nitrogens with one attached hydrogen (secondary N) is 2. The van der Waals surface area contributed by atoms with Gasteiger partial charge in [-0.25, -0.2) is 8.42 Å². The van der Waals surface area contributed by atoms with E-state index in [9.17, 15) is 18.0 Å². The maximum atomic E-state index is 13.9. The second-order valence-corrected chi connectivity index (χ2v) is 15.6. The van der Waals surface area contributed by atoms with Gasteiger partial charge in [0.2, 0.25) is 10.0 Å². The van der Waals surface area contributed by atoms with Gasteiger partial charge in [0.25, 0.3) is 11.8 Å². The summed E-state index contributed by atoms with van der Waals surface area (Å²) >= 11 is 1.47. The first-order valence-electron chi connectivity index (χ1n) is 14.5. The molecule has 1 aromatic heterocycles. The number of carbonyl (C=O) groups excluding carboxylic acids is 2. The monoisotopic (exact) mass is 586 g/mol. The third-order valence-corrected chi connectivity index (χ3v) is 11.9. The van der Waals surface area contributed by atoms with E-state index in [0.717, 1.165) is 62.1 Å². The molecule has 2 amide bonds.